The fourth-order valence-corrected chi connectivity index (χ4v) is 1.93. The molecule has 0 aliphatic rings. The highest BCUT2D eigenvalue weighted by Gasteiger charge is 1.99. The molecule has 0 saturated carbocycles. The van der Waals surface area contributed by atoms with Crippen LogP contribution in [-0.2, 0) is 6.54 Å². The second-order valence-corrected chi connectivity index (χ2v) is 4.93. The van der Waals surface area contributed by atoms with E-state index in [4.69, 9.17) is 4.74 Å². The monoisotopic (exact) mass is 273 g/mol. The molecule has 0 spiro atoms. The van der Waals surface area contributed by atoms with E-state index in [-0.39, 0.29) is 5.82 Å². The summed E-state index contributed by atoms with van der Waals surface area (Å²) in [5.74, 6) is 0.730. The van der Waals surface area contributed by atoms with Gasteiger partial charge in [-0.2, -0.15) is 0 Å². The third kappa shape index (κ3) is 4.35. The molecular formula is C17H20FNO. The Morgan fingerprint density at radius 3 is 2.70 bits per heavy atom. The van der Waals surface area contributed by atoms with Crippen LogP contribution in [0.5, 0.6) is 5.75 Å². The van der Waals surface area contributed by atoms with E-state index in [2.05, 4.69) is 5.32 Å². The molecule has 0 aromatic heterocycles. The van der Waals surface area contributed by atoms with E-state index in [1.807, 2.05) is 37.3 Å². The van der Waals surface area contributed by atoms with Gasteiger partial charge in [0.25, 0.3) is 0 Å². The van der Waals surface area contributed by atoms with Crippen LogP contribution in [-0.4, -0.2) is 13.2 Å². The molecule has 0 unspecified atom stereocenters. The molecule has 3 heteroatoms. The summed E-state index contributed by atoms with van der Waals surface area (Å²) in [6.45, 7) is 5.77. The summed E-state index contributed by atoms with van der Waals surface area (Å²) in [6.07, 6.45) is 0. The Balaban J connectivity index is 1.70. The molecule has 2 aromatic carbocycles. The highest BCUT2D eigenvalue weighted by atomic mass is 19.1. The Bertz CT molecular complexity index is 569. The van der Waals surface area contributed by atoms with Crippen molar-refractivity contribution in [3.63, 3.8) is 0 Å². The standard InChI is InChI=1S/C17H20FNO/c1-13-4-3-5-16(10-13)20-9-8-19-12-15-7-6-14(2)17(18)11-15/h3-7,10-11,19H,8-9,12H2,1-2H3. The molecule has 0 aliphatic heterocycles. The molecule has 0 fully saturated rings. The third-order valence-corrected chi connectivity index (χ3v) is 3.10. The number of hydrogen-bond acceptors (Lipinski definition) is 2. The molecule has 2 rings (SSSR count). The quantitative estimate of drug-likeness (QED) is 0.812. The lowest BCUT2D eigenvalue weighted by molar-refractivity contribution is 0.313. The zero-order chi connectivity index (χ0) is 14.4. The van der Waals surface area contributed by atoms with E-state index in [0.717, 1.165) is 17.9 Å². The van der Waals surface area contributed by atoms with Crippen molar-refractivity contribution < 1.29 is 9.13 Å². The van der Waals surface area contributed by atoms with Gasteiger partial charge < -0.3 is 10.1 Å². The normalized spacial score (nSPS) is 10.6. The number of halogens is 1. The topological polar surface area (TPSA) is 21.3 Å². The molecule has 0 atom stereocenters. The Morgan fingerprint density at radius 2 is 1.95 bits per heavy atom. The number of ether oxygens (including phenoxy) is 1. The van der Waals surface area contributed by atoms with Crippen LogP contribution in [0, 0.1) is 19.7 Å². The van der Waals surface area contributed by atoms with Crippen LogP contribution in [0.1, 0.15) is 16.7 Å². The number of aryl methyl sites for hydroxylation is 2. The van der Waals surface area contributed by atoms with Crippen LogP contribution < -0.4 is 10.1 Å². The smallest absolute Gasteiger partial charge is 0.126 e. The van der Waals surface area contributed by atoms with Gasteiger partial charge in [-0.3, -0.25) is 0 Å². The van der Waals surface area contributed by atoms with Crippen LogP contribution in [0.2, 0.25) is 0 Å². The Kier molecular flexibility index (Phi) is 5.13. The van der Waals surface area contributed by atoms with E-state index >= 15 is 0 Å². The Morgan fingerprint density at radius 1 is 1.10 bits per heavy atom. The molecular weight excluding hydrogens is 253 g/mol. The molecule has 0 bridgehead atoms. The summed E-state index contributed by atoms with van der Waals surface area (Å²) in [7, 11) is 0. The van der Waals surface area contributed by atoms with Gasteiger partial charge in [0.05, 0.1) is 0 Å². The second kappa shape index (κ2) is 7.06. The Labute approximate surface area is 119 Å². The molecule has 0 radical (unpaired) electrons. The molecule has 2 aromatic rings. The van der Waals surface area contributed by atoms with Gasteiger partial charge in [0, 0.05) is 13.1 Å². The average molecular weight is 273 g/mol. The first-order chi connectivity index (χ1) is 9.65. The largest absolute Gasteiger partial charge is 0.492 e. The fraction of sp³-hybridized carbons (Fsp3) is 0.294. The molecule has 0 amide bonds. The van der Waals surface area contributed by atoms with Crippen molar-refractivity contribution in [2.75, 3.05) is 13.2 Å². The maximum absolute atomic E-state index is 13.4. The zero-order valence-corrected chi connectivity index (χ0v) is 11.9. The first-order valence-corrected chi connectivity index (χ1v) is 6.80. The summed E-state index contributed by atoms with van der Waals surface area (Å²) < 4.78 is 19.0. The maximum atomic E-state index is 13.4. The van der Waals surface area contributed by atoms with Gasteiger partial charge in [0.2, 0.25) is 0 Å². The lowest BCUT2D eigenvalue weighted by atomic mass is 10.1. The van der Waals surface area contributed by atoms with Gasteiger partial charge >= 0.3 is 0 Å². The van der Waals surface area contributed by atoms with Crippen molar-refractivity contribution in [3.05, 3.63) is 65.0 Å². The van der Waals surface area contributed by atoms with Crippen LogP contribution in [0.25, 0.3) is 0 Å². The van der Waals surface area contributed by atoms with Gasteiger partial charge in [-0.25, -0.2) is 4.39 Å². The Hall–Kier alpha value is -1.87. The van der Waals surface area contributed by atoms with E-state index in [0.29, 0.717) is 18.7 Å². The maximum Gasteiger partial charge on any atom is 0.126 e. The molecule has 0 aliphatic carbocycles. The third-order valence-electron chi connectivity index (χ3n) is 3.10. The van der Waals surface area contributed by atoms with Crippen LogP contribution in [0.3, 0.4) is 0 Å². The SMILES string of the molecule is Cc1cccc(OCCNCc2ccc(C)c(F)c2)c1. The number of hydrogen-bond donors (Lipinski definition) is 1. The summed E-state index contributed by atoms with van der Waals surface area (Å²) in [5.41, 5.74) is 2.81. The molecule has 2 nitrogen and oxygen atoms in total. The minimum atomic E-state index is -0.152. The lowest BCUT2D eigenvalue weighted by Gasteiger charge is -2.08. The van der Waals surface area contributed by atoms with E-state index in [1.54, 1.807) is 19.1 Å². The van der Waals surface area contributed by atoms with Gasteiger partial charge in [-0.1, -0.05) is 24.3 Å². The van der Waals surface area contributed by atoms with E-state index < -0.39 is 0 Å². The van der Waals surface area contributed by atoms with Crippen molar-refractivity contribution in [3.8, 4) is 5.75 Å². The fourth-order valence-electron chi connectivity index (χ4n) is 1.93. The second-order valence-electron chi connectivity index (χ2n) is 4.93. The van der Waals surface area contributed by atoms with Gasteiger partial charge in [-0.05, 0) is 48.7 Å². The first-order valence-electron chi connectivity index (χ1n) is 6.80. The van der Waals surface area contributed by atoms with Crippen molar-refractivity contribution in [1.29, 1.82) is 0 Å². The summed E-state index contributed by atoms with van der Waals surface area (Å²) in [5, 5.41) is 3.24. The van der Waals surface area contributed by atoms with Crippen molar-refractivity contribution in [2.24, 2.45) is 0 Å². The van der Waals surface area contributed by atoms with Crippen molar-refractivity contribution in [1.82, 2.24) is 5.32 Å². The average Bonchev–Trinajstić information content (AvgIpc) is 2.42. The van der Waals surface area contributed by atoms with E-state index in [1.165, 1.54) is 5.56 Å². The van der Waals surface area contributed by atoms with Crippen LogP contribution in [0.4, 0.5) is 4.39 Å². The van der Waals surface area contributed by atoms with Crippen LogP contribution >= 0.6 is 0 Å². The van der Waals surface area contributed by atoms with Crippen molar-refractivity contribution >= 4 is 0 Å². The highest BCUT2D eigenvalue weighted by Crippen LogP contribution is 2.12. The van der Waals surface area contributed by atoms with Crippen molar-refractivity contribution in [2.45, 2.75) is 20.4 Å². The summed E-state index contributed by atoms with van der Waals surface area (Å²) >= 11 is 0. The predicted molar refractivity (Wildman–Crippen MR) is 79.5 cm³/mol. The lowest BCUT2D eigenvalue weighted by Crippen LogP contribution is -2.20. The molecule has 1 N–H and O–H groups in total. The first kappa shape index (κ1) is 14.5. The van der Waals surface area contributed by atoms with Crippen LogP contribution in [0.15, 0.2) is 42.5 Å². The minimum absolute atomic E-state index is 0.152. The minimum Gasteiger partial charge on any atom is -0.492 e. The predicted octanol–water partition coefficient (Wildman–Crippen LogP) is 3.61. The highest BCUT2D eigenvalue weighted by molar-refractivity contribution is 5.27. The molecule has 0 saturated heterocycles. The van der Waals surface area contributed by atoms with E-state index in [9.17, 15) is 4.39 Å². The molecule has 106 valence electrons. The number of rotatable bonds is 6. The summed E-state index contributed by atoms with van der Waals surface area (Å²) in [4.78, 5) is 0. The summed E-state index contributed by atoms with van der Waals surface area (Å²) in [6, 6.07) is 13.3. The van der Waals surface area contributed by atoms with Gasteiger partial charge in [0.15, 0.2) is 0 Å². The zero-order valence-electron chi connectivity index (χ0n) is 11.9. The van der Waals surface area contributed by atoms with Gasteiger partial charge in [-0.15, -0.1) is 0 Å². The number of benzene rings is 2. The number of nitrogens with one attached hydrogen (secondary N) is 1. The van der Waals surface area contributed by atoms with Gasteiger partial charge in [0.1, 0.15) is 18.2 Å². The molecule has 0 heterocycles. The molecule has 20 heavy (non-hydrogen) atoms.